The maximum absolute atomic E-state index is 12.5. The van der Waals surface area contributed by atoms with Crippen LogP contribution in [0.4, 0.5) is 0 Å². The van der Waals surface area contributed by atoms with E-state index in [4.69, 9.17) is 9.47 Å². The number of carbonyl (C=O) groups is 1. The second-order valence-corrected chi connectivity index (χ2v) is 5.06. The van der Waals surface area contributed by atoms with Gasteiger partial charge in [-0.25, -0.2) is 0 Å². The molecule has 2 aromatic carbocycles. The number of benzene rings is 2. The van der Waals surface area contributed by atoms with E-state index in [1.165, 1.54) is 19.8 Å². The number of ether oxygens (including phenoxy) is 2. The van der Waals surface area contributed by atoms with E-state index in [1.54, 1.807) is 18.2 Å². The number of methoxy groups -OCH3 is 2. The number of rotatable bonds is 6. The van der Waals surface area contributed by atoms with Gasteiger partial charge >= 0.3 is 0 Å². The van der Waals surface area contributed by atoms with Crippen LogP contribution in [-0.4, -0.2) is 26.7 Å². The Bertz CT molecular complexity index is 603. The minimum Gasteiger partial charge on any atom is -0.496 e. The smallest absolute Gasteiger partial charge is 0.258 e. The van der Waals surface area contributed by atoms with Crippen molar-refractivity contribution in [1.82, 2.24) is 5.32 Å². The number of hydrogen-bond acceptors (Lipinski definition) is 3. The predicted octanol–water partition coefficient (Wildman–Crippen LogP) is 3.24. The molecule has 0 bridgehead atoms. The molecule has 0 spiro atoms. The SMILES string of the molecule is COc1cccc(OC)c1C(=O)NCC(C)c1ccccc1. The molecule has 0 aliphatic carbocycles. The van der Waals surface area contributed by atoms with Crippen molar-refractivity contribution in [2.45, 2.75) is 12.8 Å². The lowest BCUT2D eigenvalue weighted by molar-refractivity contribution is 0.0945. The highest BCUT2D eigenvalue weighted by Gasteiger charge is 2.18. The average molecular weight is 299 g/mol. The van der Waals surface area contributed by atoms with Crippen LogP contribution < -0.4 is 14.8 Å². The first-order valence-electron chi connectivity index (χ1n) is 7.21. The summed E-state index contributed by atoms with van der Waals surface area (Å²) in [5.74, 6) is 1.04. The molecule has 0 aliphatic rings. The molecular formula is C18H21NO3. The fourth-order valence-electron chi connectivity index (χ4n) is 2.31. The molecule has 0 radical (unpaired) electrons. The third-order valence-corrected chi connectivity index (χ3v) is 3.59. The molecule has 116 valence electrons. The summed E-state index contributed by atoms with van der Waals surface area (Å²) < 4.78 is 10.5. The standard InChI is InChI=1S/C18H21NO3/c1-13(14-8-5-4-6-9-14)12-19-18(20)17-15(21-2)10-7-11-16(17)22-3/h4-11,13H,12H2,1-3H3,(H,19,20). The van der Waals surface area contributed by atoms with Crippen molar-refractivity contribution >= 4 is 5.91 Å². The van der Waals surface area contributed by atoms with Crippen molar-refractivity contribution in [3.8, 4) is 11.5 Å². The van der Waals surface area contributed by atoms with Crippen molar-refractivity contribution < 1.29 is 14.3 Å². The summed E-state index contributed by atoms with van der Waals surface area (Å²) in [6, 6.07) is 15.4. The van der Waals surface area contributed by atoms with Gasteiger partial charge in [-0.2, -0.15) is 0 Å². The van der Waals surface area contributed by atoms with Crippen molar-refractivity contribution in [2.75, 3.05) is 20.8 Å². The van der Waals surface area contributed by atoms with Gasteiger partial charge in [0.2, 0.25) is 0 Å². The Labute approximate surface area is 131 Å². The zero-order chi connectivity index (χ0) is 15.9. The number of amides is 1. The fourth-order valence-corrected chi connectivity index (χ4v) is 2.31. The third kappa shape index (κ3) is 3.58. The third-order valence-electron chi connectivity index (χ3n) is 3.59. The van der Waals surface area contributed by atoms with Gasteiger partial charge in [-0.15, -0.1) is 0 Å². The molecule has 0 saturated heterocycles. The van der Waals surface area contributed by atoms with E-state index in [9.17, 15) is 4.79 Å². The van der Waals surface area contributed by atoms with Crippen molar-refractivity contribution in [3.63, 3.8) is 0 Å². The van der Waals surface area contributed by atoms with Crippen molar-refractivity contribution in [2.24, 2.45) is 0 Å². The molecule has 0 fully saturated rings. The Kier molecular flexibility index (Phi) is 5.42. The summed E-state index contributed by atoms with van der Waals surface area (Å²) in [4.78, 5) is 12.5. The van der Waals surface area contributed by atoms with Crippen LogP contribution in [0.3, 0.4) is 0 Å². The predicted molar refractivity (Wildman–Crippen MR) is 86.7 cm³/mol. The fraction of sp³-hybridized carbons (Fsp3) is 0.278. The van der Waals surface area contributed by atoms with Gasteiger partial charge in [-0.1, -0.05) is 43.3 Å². The van der Waals surface area contributed by atoms with Crippen molar-refractivity contribution in [3.05, 3.63) is 59.7 Å². The van der Waals surface area contributed by atoms with E-state index in [0.717, 1.165) is 0 Å². The Balaban J connectivity index is 2.10. The van der Waals surface area contributed by atoms with Crippen molar-refractivity contribution in [1.29, 1.82) is 0 Å². The second kappa shape index (κ2) is 7.50. The van der Waals surface area contributed by atoms with Gasteiger partial charge in [0.1, 0.15) is 17.1 Å². The largest absolute Gasteiger partial charge is 0.496 e. The molecule has 0 heterocycles. The first-order valence-corrected chi connectivity index (χ1v) is 7.21. The number of carbonyl (C=O) groups excluding carboxylic acids is 1. The molecule has 2 aromatic rings. The lowest BCUT2D eigenvalue weighted by Crippen LogP contribution is -2.28. The van der Waals surface area contributed by atoms with E-state index in [2.05, 4.69) is 24.4 Å². The van der Waals surface area contributed by atoms with Gasteiger partial charge in [0.15, 0.2) is 0 Å². The number of nitrogens with one attached hydrogen (secondary N) is 1. The van der Waals surface area contributed by atoms with Crippen LogP contribution in [0.2, 0.25) is 0 Å². The Hall–Kier alpha value is -2.49. The van der Waals surface area contributed by atoms with Crippen LogP contribution in [0.5, 0.6) is 11.5 Å². The molecule has 0 saturated carbocycles. The van der Waals surface area contributed by atoms with E-state index < -0.39 is 0 Å². The topological polar surface area (TPSA) is 47.6 Å². The lowest BCUT2D eigenvalue weighted by Gasteiger charge is -2.16. The van der Waals surface area contributed by atoms with E-state index >= 15 is 0 Å². The summed E-state index contributed by atoms with van der Waals surface area (Å²) in [5, 5.41) is 2.95. The second-order valence-electron chi connectivity index (χ2n) is 5.06. The maximum atomic E-state index is 12.5. The molecule has 2 rings (SSSR count). The van der Waals surface area contributed by atoms with Crippen LogP contribution >= 0.6 is 0 Å². The Morgan fingerprint density at radius 3 is 2.14 bits per heavy atom. The van der Waals surface area contributed by atoms with Gasteiger partial charge in [0.05, 0.1) is 14.2 Å². The zero-order valence-corrected chi connectivity index (χ0v) is 13.1. The monoisotopic (exact) mass is 299 g/mol. The van der Waals surface area contributed by atoms with E-state index in [0.29, 0.717) is 23.6 Å². The quantitative estimate of drug-likeness (QED) is 0.891. The molecule has 1 amide bonds. The molecule has 0 aliphatic heterocycles. The molecule has 1 atom stereocenters. The van der Waals surface area contributed by atoms with Crippen LogP contribution in [0.1, 0.15) is 28.8 Å². The van der Waals surface area contributed by atoms with Gasteiger partial charge in [0, 0.05) is 6.54 Å². The van der Waals surface area contributed by atoms with Crippen LogP contribution in [0.15, 0.2) is 48.5 Å². The van der Waals surface area contributed by atoms with Crippen LogP contribution in [0, 0.1) is 0 Å². The summed E-state index contributed by atoms with van der Waals surface area (Å²) >= 11 is 0. The Morgan fingerprint density at radius 2 is 1.59 bits per heavy atom. The van der Waals surface area contributed by atoms with Gasteiger partial charge in [-0.3, -0.25) is 4.79 Å². The van der Waals surface area contributed by atoms with Gasteiger partial charge in [-0.05, 0) is 23.6 Å². The molecule has 0 aromatic heterocycles. The minimum atomic E-state index is -0.197. The summed E-state index contributed by atoms with van der Waals surface area (Å²) in [6.07, 6.45) is 0. The van der Waals surface area contributed by atoms with Gasteiger partial charge in [0.25, 0.3) is 5.91 Å². The highest BCUT2D eigenvalue weighted by molar-refractivity contribution is 5.99. The highest BCUT2D eigenvalue weighted by Crippen LogP contribution is 2.28. The van der Waals surface area contributed by atoms with E-state index in [1.807, 2.05) is 18.2 Å². The normalized spacial score (nSPS) is 11.6. The first kappa shape index (κ1) is 15.9. The average Bonchev–Trinajstić information content (AvgIpc) is 2.59. The van der Waals surface area contributed by atoms with Gasteiger partial charge < -0.3 is 14.8 Å². The molecule has 1 N–H and O–H groups in total. The summed E-state index contributed by atoms with van der Waals surface area (Å²) in [5.41, 5.74) is 1.61. The minimum absolute atomic E-state index is 0.197. The van der Waals surface area contributed by atoms with Crippen LogP contribution in [-0.2, 0) is 0 Å². The number of hydrogen-bond donors (Lipinski definition) is 1. The zero-order valence-electron chi connectivity index (χ0n) is 13.1. The molecule has 22 heavy (non-hydrogen) atoms. The first-order chi connectivity index (χ1) is 10.7. The molecular weight excluding hydrogens is 278 g/mol. The molecule has 4 nitrogen and oxygen atoms in total. The Morgan fingerprint density at radius 1 is 1.00 bits per heavy atom. The molecule has 1 unspecified atom stereocenters. The van der Waals surface area contributed by atoms with E-state index in [-0.39, 0.29) is 11.8 Å². The lowest BCUT2D eigenvalue weighted by atomic mass is 10.0. The summed E-state index contributed by atoms with van der Waals surface area (Å²) in [6.45, 7) is 2.62. The summed E-state index contributed by atoms with van der Waals surface area (Å²) in [7, 11) is 3.08. The molecule has 4 heteroatoms. The highest BCUT2D eigenvalue weighted by atomic mass is 16.5. The van der Waals surface area contributed by atoms with Crippen LogP contribution in [0.25, 0.3) is 0 Å². The maximum Gasteiger partial charge on any atom is 0.258 e.